The Bertz CT molecular complexity index is 430. The van der Waals surface area contributed by atoms with E-state index < -0.39 is 0 Å². The summed E-state index contributed by atoms with van der Waals surface area (Å²) in [4.78, 5) is 11.7. The average molecular weight is 259 g/mol. The molecule has 1 N–H and O–H groups in total. The summed E-state index contributed by atoms with van der Waals surface area (Å²) < 4.78 is 4.83. The first-order valence-electron chi connectivity index (χ1n) is 6.73. The summed E-state index contributed by atoms with van der Waals surface area (Å²) in [6.45, 7) is 3.80. The van der Waals surface area contributed by atoms with Crippen LogP contribution in [0.25, 0.3) is 0 Å². The number of rotatable bonds is 5. The van der Waals surface area contributed by atoms with Gasteiger partial charge in [0, 0.05) is 6.04 Å². The summed E-state index contributed by atoms with van der Waals surface area (Å²) in [7, 11) is 1.44. The van der Waals surface area contributed by atoms with Gasteiger partial charge in [0.25, 0.3) is 0 Å². The number of ether oxygens (including phenoxy) is 1. The number of benzene rings is 1. The van der Waals surface area contributed by atoms with Crippen molar-refractivity contribution in [2.24, 2.45) is 5.92 Å². The summed E-state index contributed by atoms with van der Waals surface area (Å²) in [6.07, 6.45) is 4.61. The molecule has 3 heteroatoms. The zero-order valence-electron chi connectivity index (χ0n) is 11.3. The second-order valence-corrected chi connectivity index (χ2v) is 5.06. The van der Waals surface area contributed by atoms with Gasteiger partial charge >= 0.3 is 5.97 Å². The van der Waals surface area contributed by atoms with Gasteiger partial charge in [0.2, 0.25) is 0 Å². The quantitative estimate of drug-likeness (QED) is 0.651. The Balaban J connectivity index is 2.04. The number of methoxy groups -OCH3 is 1. The van der Waals surface area contributed by atoms with E-state index in [9.17, 15) is 4.79 Å². The van der Waals surface area contributed by atoms with Crippen LogP contribution in [0.15, 0.2) is 43.0 Å². The molecule has 3 atom stereocenters. The largest absolute Gasteiger partial charge is 0.468 e. The van der Waals surface area contributed by atoms with Gasteiger partial charge in [-0.15, -0.1) is 6.58 Å². The Morgan fingerprint density at radius 1 is 1.47 bits per heavy atom. The Labute approximate surface area is 114 Å². The maximum Gasteiger partial charge on any atom is 0.322 e. The second-order valence-electron chi connectivity index (χ2n) is 5.06. The maximum absolute atomic E-state index is 11.7. The Morgan fingerprint density at radius 2 is 2.21 bits per heavy atom. The van der Waals surface area contributed by atoms with Crippen molar-refractivity contribution in [1.82, 2.24) is 5.32 Å². The molecule has 1 heterocycles. The van der Waals surface area contributed by atoms with Crippen molar-refractivity contribution in [3.8, 4) is 0 Å². The minimum atomic E-state index is -0.177. The van der Waals surface area contributed by atoms with Crippen molar-refractivity contribution in [3.05, 3.63) is 48.6 Å². The van der Waals surface area contributed by atoms with Gasteiger partial charge in [-0.3, -0.25) is 4.79 Å². The lowest BCUT2D eigenvalue weighted by Gasteiger charge is -2.17. The van der Waals surface area contributed by atoms with Crippen LogP contribution < -0.4 is 5.32 Å². The fourth-order valence-corrected chi connectivity index (χ4v) is 2.82. The number of nitrogens with one attached hydrogen (secondary N) is 1. The highest BCUT2D eigenvalue weighted by atomic mass is 16.5. The van der Waals surface area contributed by atoms with Crippen LogP contribution in [0.5, 0.6) is 0 Å². The van der Waals surface area contributed by atoms with Crippen LogP contribution in [-0.4, -0.2) is 25.2 Å². The fourth-order valence-electron chi connectivity index (χ4n) is 2.82. The first-order valence-corrected chi connectivity index (χ1v) is 6.73. The molecule has 3 nitrogen and oxygen atoms in total. The lowest BCUT2D eigenvalue weighted by atomic mass is 9.90. The molecule has 1 aliphatic rings. The van der Waals surface area contributed by atoms with Crippen molar-refractivity contribution in [1.29, 1.82) is 0 Å². The van der Waals surface area contributed by atoms with Gasteiger partial charge in [-0.05, 0) is 30.7 Å². The molecule has 1 saturated heterocycles. The van der Waals surface area contributed by atoms with E-state index in [0.717, 1.165) is 19.3 Å². The summed E-state index contributed by atoms with van der Waals surface area (Å²) in [5.74, 6) is 0.286. The van der Waals surface area contributed by atoms with Crippen molar-refractivity contribution in [2.75, 3.05) is 7.11 Å². The highest BCUT2D eigenvalue weighted by Crippen LogP contribution is 2.27. The van der Waals surface area contributed by atoms with Gasteiger partial charge in [-0.1, -0.05) is 36.4 Å². The molecule has 1 aromatic carbocycles. The molecular formula is C16H21NO2. The van der Waals surface area contributed by atoms with E-state index in [4.69, 9.17) is 4.74 Å². The Morgan fingerprint density at radius 3 is 2.84 bits per heavy atom. The highest BCUT2D eigenvalue weighted by molar-refractivity contribution is 5.76. The van der Waals surface area contributed by atoms with Crippen LogP contribution >= 0.6 is 0 Å². The Hall–Kier alpha value is -1.61. The van der Waals surface area contributed by atoms with Gasteiger partial charge in [-0.25, -0.2) is 0 Å². The standard InChI is InChI=1S/C16H21NO2/c1-3-7-14-13(10-12-8-5-4-6-9-12)11-15(17-14)16(18)19-2/h3-6,8-9,13-15,17H,1,7,10-11H2,2H3/t13-,14-,15-/m0/s1. The molecule has 19 heavy (non-hydrogen) atoms. The van der Waals surface area contributed by atoms with E-state index in [2.05, 4.69) is 36.2 Å². The Kier molecular flexibility index (Phi) is 4.74. The van der Waals surface area contributed by atoms with Gasteiger partial charge in [0.05, 0.1) is 7.11 Å². The average Bonchev–Trinajstić information content (AvgIpc) is 2.83. The predicted octanol–water partition coefficient (Wildman–Crippen LogP) is 2.32. The zero-order chi connectivity index (χ0) is 13.7. The molecule has 0 amide bonds. The number of carbonyl (C=O) groups excluding carboxylic acids is 1. The first-order chi connectivity index (χ1) is 9.24. The summed E-state index contributed by atoms with van der Waals surface area (Å²) in [5.41, 5.74) is 1.31. The molecule has 0 bridgehead atoms. The van der Waals surface area contributed by atoms with E-state index in [1.54, 1.807) is 0 Å². The molecule has 0 spiro atoms. The van der Waals surface area contributed by atoms with E-state index in [1.165, 1.54) is 12.7 Å². The first kappa shape index (κ1) is 13.8. The summed E-state index contributed by atoms with van der Waals surface area (Å²) in [5, 5.41) is 3.37. The topological polar surface area (TPSA) is 38.3 Å². The second kappa shape index (κ2) is 6.53. The number of esters is 1. The lowest BCUT2D eigenvalue weighted by Crippen LogP contribution is -2.36. The van der Waals surface area contributed by atoms with Gasteiger partial charge < -0.3 is 10.1 Å². The molecule has 102 valence electrons. The van der Waals surface area contributed by atoms with Crippen molar-refractivity contribution >= 4 is 5.97 Å². The molecule has 0 radical (unpaired) electrons. The normalized spacial score (nSPS) is 26.1. The van der Waals surface area contributed by atoms with Crippen molar-refractivity contribution in [3.63, 3.8) is 0 Å². The number of hydrogen-bond donors (Lipinski definition) is 1. The SMILES string of the molecule is C=CC[C@@H]1N[C@H](C(=O)OC)C[C@@H]1Cc1ccccc1. The minimum Gasteiger partial charge on any atom is -0.468 e. The maximum atomic E-state index is 11.7. The summed E-state index contributed by atoms with van der Waals surface area (Å²) >= 11 is 0. The van der Waals surface area contributed by atoms with E-state index in [0.29, 0.717) is 12.0 Å². The molecule has 0 aromatic heterocycles. The number of carbonyl (C=O) groups is 1. The van der Waals surface area contributed by atoms with E-state index in [-0.39, 0.29) is 12.0 Å². The molecule has 0 unspecified atom stereocenters. The monoisotopic (exact) mass is 259 g/mol. The van der Waals surface area contributed by atoms with Gasteiger partial charge in [0.1, 0.15) is 6.04 Å². The van der Waals surface area contributed by atoms with Crippen molar-refractivity contribution in [2.45, 2.75) is 31.3 Å². The molecule has 1 fully saturated rings. The van der Waals surface area contributed by atoms with Crippen LogP contribution in [0.4, 0.5) is 0 Å². The zero-order valence-corrected chi connectivity index (χ0v) is 11.3. The van der Waals surface area contributed by atoms with Crippen LogP contribution in [-0.2, 0) is 16.0 Å². The summed E-state index contributed by atoms with van der Waals surface area (Å²) in [6, 6.07) is 10.5. The van der Waals surface area contributed by atoms with Crippen LogP contribution in [0.1, 0.15) is 18.4 Å². The molecule has 2 rings (SSSR count). The molecule has 1 aliphatic heterocycles. The van der Waals surface area contributed by atoms with Crippen LogP contribution in [0.3, 0.4) is 0 Å². The van der Waals surface area contributed by atoms with Crippen LogP contribution in [0, 0.1) is 5.92 Å². The van der Waals surface area contributed by atoms with Gasteiger partial charge in [-0.2, -0.15) is 0 Å². The molecular weight excluding hydrogens is 238 g/mol. The third-order valence-corrected chi connectivity index (χ3v) is 3.77. The number of hydrogen-bond acceptors (Lipinski definition) is 3. The predicted molar refractivity (Wildman–Crippen MR) is 75.8 cm³/mol. The minimum absolute atomic E-state index is 0.162. The molecule has 0 saturated carbocycles. The smallest absolute Gasteiger partial charge is 0.322 e. The molecule has 0 aliphatic carbocycles. The van der Waals surface area contributed by atoms with Crippen LogP contribution in [0.2, 0.25) is 0 Å². The third kappa shape index (κ3) is 3.44. The molecule has 1 aromatic rings. The van der Waals surface area contributed by atoms with E-state index in [1.807, 2.05) is 12.1 Å². The van der Waals surface area contributed by atoms with Crippen molar-refractivity contribution < 1.29 is 9.53 Å². The third-order valence-electron chi connectivity index (χ3n) is 3.77. The fraction of sp³-hybridized carbons (Fsp3) is 0.438. The van der Waals surface area contributed by atoms with E-state index >= 15 is 0 Å². The highest BCUT2D eigenvalue weighted by Gasteiger charge is 2.36. The lowest BCUT2D eigenvalue weighted by molar-refractivity contribution is -0.142. The van der Waals surface area contributed by atoms with Gasteiger partial charge in [0.15, 0.2) is 0 Å².